The number of fused-ring (bicyclic) bond motifs is 2. The second-order valence-electron chi connectivity index (χ2n) is 8.02. The van der Waals surface area contributed by atoms with Gasteiger partial charge in [0, 0.05) is 52.4 Å². The van der Waals surface area contributed by atoms with E-state index in [2.05, 4.69) is 36.8 Å². The van der Waals surface area contributed by atoms with Crippen molar-refractivity contribution in [1.29, 1.82) is 0 Å². The third-order valence-corrected chi connectivity index (χ3v) is 6.70. The van der Waals surface area contributed by atoms with Crippen LogP contribution >= 0.6 is 46.4 Å². The number of imidazole rings is 2. The highest BCUT2D eigenvalue weighted by Gasteiger charge is 2.18. The van der Waals surface area contributed by atoms with Gasteiger partial charge in [-0.05, 0) is 7.05 Å². The number of likely N-dealkylation sites (N-methyl/N-ethyl adjacent to an activating group) is 1. The number of rotatable bonds is 3. The Morgan fingerprint density at radius 3 is 1.88 bits per heavy atom. The summed E-state index contributed by atoms with van der Waals surface area (Å²) >= 11 is 23.6. The SMILES string of the molecule is CN1CCN(Cc2nc3c(Cl)nc(Cl)cc3n2C)CC1.Cn1c(C=O)nc2c(Cl)nc(Cl)cc21. The number of piperazine rings is 1. The van der Waals surface area contributed by atoms with Gasteiger partial charge in [0.2, 0.25) is 0 Å². The highest BCUT2D eigenvalue weighted by molar-refractivity contribution is 6.36. The molecule has 13 heteroatoms. The predicted molar refractivity (Wildman–Crippen MR) is 135 cm³/mol. The molecule has 0 atom stereocenters. The zero-order chi connectivity index (χ0) is 24.6. The van der Waals surface area contributed by atoms with Gasteiger partial charge in [0.05, 0.1) is 17.6 Å². The van der Waals surface area contributed by atoms with Gasteiger partial charge in [-0.25, -0.2) is 19.9 Å². The predicted octanol–water partition coefficient (Wildman–Crippen LogP) is 4.11. The van der Waals surface area contributed by atoms with E-state index in [4.69, 9.17) is 46.4 Å². The number of aromatic nitrogens is 6. The van der Waals surface area contributed by atoms with Crippen molar-refractivity contribution in [2.45, 2.75) is 6.54 Å². The maximum atomic E-state index is 10.6. The van der Waals surface area contributed by atoms with Gasteiger partial charge in [-0.15, -0.1) is 0 Å². The molecule has 4 aromatic rings. The first-order chi connectivity index (χ1) is 16.2. The standard InChI is InChI=1S/C13H17Cl2N5.C8H5Cl2N3O/c1-18-3-5-20(6-4-18)8-11-17-12-9(19(11)2)7-10(14)16-13(12)15;1-13-4-2-5(9)11-8(10)7(4)12-6(13)3-14/h7H,3-6,8H2,1-2H3;2-3H,1H3. The molecule has 0 N–H and O–H groups in total. The minimum absolute atomic E-state index is 0.205. The first kappa shape index (κ1) is 25.1. The van der Waals surface area contributed by atoms with E-state index in [1.54, 1.807) is 17.7 Å². The van der Waals surface area contributed by atoms with Crippen LogP contribution in [0.2, 0.25) is 20.6 Å². The topological polar surface area (TPSA) is 85.0 Å². The second-order valence-corrected chi connectivity index (χ2v) is 9.51. The number of hydrogen-bond acceptors (Lipinski definition) is 7. The fourth-order valence-corrected chi connectivity index (χ4v) is 4.68. The van der Waals surface area contributed by atoms with E-state index in [1.165, 1.54) is 0 Å². The van der Waals surface area contributed by atoms with Gasteiger partial charge < -0.3 is 14.0 Å². The summed E-state index contributed by atoms with van der Waals surface area (Å²) in [7, 11) is 5.86. The van der Waals surface area contributed by atoms with Gasteiger partial charge in [0.25, 0.3) is 0 Å². The molecule has 0 aliphatic carbocycles. The maximum absolute atomic E-state index is 10.6. The lowest BCUT2D eigenvalue weighted by Crippen LogP contribution is -2.44. The van der Waals surface area contributed by atoms with Crippen molar-refractivity contribution in [2.75, 3.05) is 33.2 Å². The van der Waals surface area contributed by atoms with Crippen molar-refractivity contribution in [3.05, 3.63) is 44.4 Å². The van der Waals surface area contributed by atoms with Crippen LogP contribution in [0.25, 0.3) is 22.1 Å². The summed E-state index contributed by atoms with van der Waals surface area (Å²) < 4.78 is 3.66. The van der Waals surface area contributed by atoms with Gasteiger partial charge in [0.15, 0.2) is 22.4 Å². The molecule has 0 unspecified atom stereocenters. The largest absolute Gasteiger partial charge is 0.330 e. The molecule has 0 saturated carbocycles. The fourth-order valence-electron chi connectivity index (χ4n) is 3.76. The van der Waals surface area contributed by atoms with Crippen LogP contribution in [-0.2, 0) is 20.6 Å². The lowest BCUT2D eigenvalue weighted by molar-refractivity contribution is 0.111. The molecule has 5 heterocycles. The molecule has 0 radical (unpaired) electrons. The number of hydrogen-bond donors (Lipinski definition) is 0. The third kappa shape index (κ3) is 5.15. The van der Waals surface area contributed by atoms with Crippen LogP contribution < -0.4 is 0 Å². The Morgan fingerprint density at radius 2 is 1.32 bits per heavy atom. The van der Waals surface area contributed by atoms with Crippen LogP contribution in [0.5, 0.6) is 0 Å². The number of pyridine rings is 2. The maximum Gasteiger partial charge on any atom is 0.185 e. The summed E-state index contributed by atoms with van der Waals surface area (Å²) in [5, 5.41) is 1.25. The number of halogens is 4. The Bertz CT molecular complexity index is 1360. The normalized spacial score (nSPS) is 15.0. The Morgan fingerprint density at radius 1 is 0.794 bits per heavy atom. The summed E-state index contributed by atoms with van der Waals surface area (Å²) in [6.45, 7) is 5.14. The number of aldehydes is 1. The number of nitrogens with zero attached hydrogens (tertiary/aromatic N) is 8. The van der Waals surface area contributed by atoms with E-state index in [9.17, 15) is 4.79 Å². The molecule has 1 fully saturated rings. The number of aryl methyl sites for hydroxylation is 2. The number of carbonyl (C=O) groups is 1. The van der Waals surface area contributed by atoms with Gasteiger partial charge in [-0.1, -0.05) is 46.4 Å². The Labute approximate surface area is 216 Å². The third-order valence-electron chi connectivity index (χ3n) is 5.78. The van der Waals surface area contributed by atoms with Crippen molar-refractivity contribution in [3.8, 4) is 0 Å². The van der Waals surface area contributed by atoms with Crippen molar-refractivity contribution in [2.24, 2.45) is 14.1 Å². The highest BCUT2D eigenvalue weighted by Crippen LogP contribution is 2.26. The van der Waals surface area contributed by atoms with E-state index in [0.29, 0.717) is 33.5 Å². The molecule has 5 rings (SSSR count). The average molecular weight is 544 g/mol. The molecular formula is C21H22Cl4N8O. The van der Waals surface area contributed by atoms with Crippen LogP contribution in [0.15, 0.2) is 12.1 Å². The summed E-state index contributed by atoms with van der Waals surface area (Å²) in [4.78, 5) is 31.9. The van der Waals surface area contributed by atoms with Crippen LogP contribution in [0, 0.1) is 0 Å². The molecule has 0 amide bonds. The summed E-state index contributed by atoms with van der Waals surface area (Å²) in [6, 6.07) is 3.42. The van der Waals surface area contributed by atoms with Crippen LogP contribution in [0.1, 0.15) is 16.4 Å². The zero-order valence-corrected chi connectivity index (χ0v) is 21.8. The first-order valence-corrected chi connectivity index (χ1v) is 11.9. The molecule has 34 heavy (non-hydrogen) atoms. The molecule has 1 aliphatic rings. The quantitative estimate of drug-likeness (QED) is 0.284. The minimum atomic E-state index is 0.205. The van der Waals surface area contributed by atoms with Crippen molar-refractivity contribution < 1.29 is 4.79 Å². The lowest BCUT2D eigenvalue weighted by Gasteiger charge is -2.31. The van der Waals surface area contributed by atoms with E-state index in [-0.39, 0.29) is 10.3 Å². The fraction of sp³-hybridized carbons (Fsp3) is 0.381. The second kappa shape index (κ2) is 10.3. The summed E-state index contributed by atoms with van der Waals surface area (Å²) in [5.41, 5.74) is 2.83. The van der Waals surface area contributed by atoms with E-state index >= 15 is 0 Å². The Hall–Kier alpha value is -2.01. The van der Waals surface area contributed by atoms with E-state index in [0.717, 1.165) is 49.6 Å². The van der Waals surface area contributed by atoms with Gasteiger partial charge in [0.1, 0.15) is 27.2 Å². The Balaban J connectivity index is 0.000000172. The van der Waals surface area contributed by atoms with Crippen molar-refractivity contribution in [1.82, 2.24) is 38.9 Å². The van der Waals surface area contributed by atoms with Crippen LogP contribution in [0.4, 0.5) is 0 Å². The van der Waals surface area contributed by atoms with E-state index in [1.807, 2.05) is 17.7 Å². The lowest BCUT2D eigenvalue weighted by atomic mass is 10.3. The van der Waals surface area contributed by atoms with Gasteiger partial charge >= 0.3 is 0 Å². The summed E-state index contributed by atoms with van der Waals surface area (Å²) in [6.07, 6.45) is 0.657. The molecule has 1 saturated heterocycles. The molecular weight excluding hydrogens is 522 g/mol. The minimum Gasteiger partial charge on any atom is -0.330 e. The van der Waals surface area contributed by atoms with Crippen molar-refractivity contribution in [3.63, 3.8) is 0 Å². The van der Waals surface area contributed by atoms with E-state index < -0.39 is 0 Å². The Kier molecular flexibility index (Phi) is 7.61. The zero-order valence-electron chi connectivity index (χ0n) is 18.8. The number of carbonyl (C=O) groups excluding carboxylic acids is 1. The monoisotopic (exact) mass is 542 g/mol. The van der Waals surface area contributed by atoms with Gasteiger partial charge in [-0.3, -0.25) is 9.69 Å². The molecule has 0 bridgehead atoms. The van der Waals surface area contributed by atoms with Crippen molar-refractivity contribution >= 4 is 74.8 Å². The molecule has 0 spiro atoms. The molecule has 4 aromatic heterocycles. The average Bonchev–Trinajstić information content (AvgIpc) is 3.28. The first-order valence-electron chi connectivity index (χ1n) is 10.4. The smallest absolute Gasteiger partial charge is 0.185 e. The molecule has 180 valence electrons. The molecule has 9 nitrogen and oxygen atoms in total. The van der Waals surface area contributed by atoms with Gasteiger partial charge in [-0.2, -0.15) is 0 Å². The molecule has 1 aliphatic heterocycles. The van der Waals surface area contributed by atoms with Crippen LogP contribution in [-0.4, -0.2) is 78.4 Å². The van der Waals surface area contributed by atoms with Crippen LogP contribution in [0.3, 0.4) is 0 Å². The molecule has 0 aromatic carbocycles. The highest BCUT2D eigenvalue weighted by atomic mass is 35.5. The summed E-state index contributed by atoms with van der Waals surface area (Å²) in [5.74, 6) is 1.29.